The Hall–Kier alpha value is -2.27. The Bertz CT molecular complexity index is 1050. The molecule has 1 atom stereocenters. The van der Waals surface area contributed by atoms with Crippen LogP contribution in [0.1, 0.15) is 22.5 Å². The van der Waals surface area contributed by atoms with E-state index >= 15 is 0 Å². The average Bonchev–Trinajstić information content (AvgIpc) is 2.68. The largest absolute Gasteiger partial charge is 0.482 e. The van der Waals surface area contributed by atoms with Gasteiger partial charge in [-0.1, -0.05) is 53.5 Å². The zero-order chi connectivity index (χ0) is 19.5. The second-order valence-corrected chi connectivity index (χ2v) is 7.82. The van der Waals surface area contributed by atoms with Crippen LogP contribution < -0.4 is 15.1 Å². The van der Waals surface area contributed by atoms with Gasteiger partial charge in [0.1, 0.15) is 26.0 Å². The van der Waals surface area contributed by atoms with Crippen molar-refractivity contribution in [3.63, 3.8) is 0 Å². The van der Waals surface area contributed by atoms with Crippen molar-refractivity contribution in [1.29, 1.82) is 0 Å². The number of benzene rings is 2. The molecule has 0 radical (unpaired) electrons. The van der Waals surface area contributed by atoms with E-state index in [4.69, 9.17) is 32.4 Å². The molecule has 0 saturated heterocycles. The molecule has 1 N–H and O–H groups in total. The van der Waals surface area contributed by atoms with Gasteiger partial charge >= 0.3 is 0 Å². The van der Waals surface area contributed by atoms with Crippen LogP contribution in [0, 0.1) is 0 Å². The summed E-state index contributed by atoms with van der Waals surface area (Å²) in [6.45, 7) is 2.81. The summed E-state index contributed by atoms with van der Waals surface area (Å²) in [4.78, 5) is 13.8. The summed E-state index contributed by atoms with van der Waals surface area (Å²) < 4.78 is 11.3. The van der Waals surface area contributed by atoms with Gasteiger partial charge < -0.3 is 14.1 Å². The number of rotatable bonds is 5. The van der Waals surface area contributed by atoms with E-state index < -0.39 is 0 Å². The Morgan fingerprint density at radius 3 is 2.68 bits per heavy atom. The Labute approximate surface area is 173 Å². The van der Waals surface area contributed by atoms with Crippen LogP contribution in [0.25, 0.3) is 0 Å². The summed E-state index contributed by atoms with van der Waals surface area (Å²) >= 11 is 12.0. The van der Waals surface area contributed by atoms with Gasteiger partial charge in [0.2, 0.25) is 11.2 Å². The Morgan fingerprint density at radius 1 is 1.07 bits per heavy atom. The van der Waals surface area contributed by atoms with E-state index in [0.717, 1.165) is 25.1 Å². The fourth-order valence-corrected chi connectivity index (χ4v) is 3.93. The number of quaternary nitrogens is 1. The first kappa shape index (κ1) is 19.1. The molecular weight excluding hydrogens is 397 g/mol. The average molecular weight is 417 g/mol. The maximum atomic E-state index is 12.4. The lowest BCUT2D eigenvalue weighted by atomic mass is 10.00. The monoisotopic (exact) mass is 416 g/mol. The van der Waals surface area contributed by atoms with E-state index in [0.29, 0.717) is 22.4 Å². The number of halogens is 2. The molecule has 1 aliphatic rings. The highest BCUT2D eigenvalue weighted by atomic mass is 35.5. The fraction of sp³-hybridized carbons (Fsp3) is 0.227. The van der Waals surface area contributed by atoms with Gasteiger partial charge in [-0.3, -0.25) is 4.79 Å². The SMILES string of the molecule is O=c1cc(C[NH+]2CCc3ccccc3C2)occ1OCc1ccc(Cl)cc1Cl. The lowest BCUT2D eigenvalue weighted by Gasteiger charge is -2.25. The van der Waals surface area contributed by atoms with Gasteiger partial charge in [-0.25, -0.2) is 0 Å². The van der Waals surface area contributed by atoms with Gasteiger partial charge in [0.05, 0.1) is 6.54 Å². The van der Waals surface area contributed by atoms with Crippen molar-refractivity contribution in [2.45, 2.75) is 26.1 Å². The first-order valence-electron chi connectivity index (χ1n) is 9.17. The van der Waals surface area contributed by atoms with Crippen molar-refractivity contribution in [3.8, 4) is 5.75 Å². The lowest BCUT2D eigenvalue weighted by Crippen LogP contribution is -3.10. The Balaban J connectivity index is 1.40. The van der Waals surface area contributed by atoms with Crippen LogP contribution in [0.2, 0.25) is 10.0 Å². The molecule has 6 heteroatoms. The number of hydrogen-bond donors (Lipinski definition) is 1. The van der Waals surface area contributed by atoms with Crippen molar-refractivity contribution >= 4 is 23.2 Å². The van der Waals surface area contributed by atoms with Gasteiger partial charge in [0, 0.05) is 33.7 Å². The molecule has 2 heterocycles. The molecule has 3 aromatic rings. The molecular formula is C22H20Cl2NO3+. The van der Waals surface area contributed by atoms with Crippen LogP contribution in [0.3, 0.4) is 0 Å². The second-order valence-electron chi connectivity index (χ2n) is 6.97. The molecule has 4 nitrogen and oxygen atoms in total. The summed E-state index contributed by atoms with van der Waals surface area (Å²) in [6, 6.07) is 15.2. The fourth-order valence-electron chi connectivity index (χ4n) is 3.47. The zero-order valence-corrected chi connectivity index (χ0v) is 16.7. The predicted octanol–water partition coefficient (Wildman–Crippen LogP) is 3.67. The molecule has 0 spiro atoms. The van der Waals surface area contributed by atoms with E-state index in [1.807, 2.05) is 0 Å². The Kier molecular flexibility index (Phi) is 5.72. The summed E-state index contributed by atoms with van der Waals surface area (Å²) in [7, 11) is 0. The number of hydrogen-bond acceptors (Lipinski definition) is 3. The van der Waals surface area contributed by atoms with Gasteiger partial charge in [-0.05, 0) is 17.7 Å². The molecule has 0 fully saturated rings. The van der Waals surface area contributed by atoms with Gasteiger partial charge in [-0.2, -0.15) is 0 Å². The molecule has 0 amide bonds. The standard InChI is InChI=1S/C22H19Cl2NO3/c23-18-6-5-17(20(24)9-18)13-28-22-14-27-19(10-21(22)26)12-25-8-7-15-3-1-2-4-16(15)11-25/h1-6,9-10,14H,7-8,11-13H2/p+1. The van der Waals surface area contributed by atoms with Gasteiger partial charge in [-0.15, -0.1) is 0 Å². The Morgan fingerprint density at radius 2 is 1.89 bits per heavy atom. The third-order valence-electron chi connectivity index (χ3n) is 4.98. The summed E-state index contributed by atoms with van der Waals surface area (Å²) in [5.74, 6) is 0.838. The minimum Gasteiger partial charge on any atom is -0.482 e. The van der Waals surface area contributed by atoms with E-state index in [-0.39, 0.29) is 17.8 Å². The molecule has 1 unspecified atom stereocenters. The van der Waals surface area contributed by atoms with E-state index in [1.165, 1.54) is 28.4 Å². The van der Waals surface area contributed by atoms with Crippen molar-refractivity contribution < 1.29 is 14.1 Å². The smallest absolute Gasteiger partial charge is 0.227 e. The molecule has 1 aromatic heterocycles. The topological polar surface area (TPSA) is 43.9 Å². The molecule has 4 rings (SSSR count). The van der Waals surface area contributed by atoms with E-state index in [2.05, 4.69) is 24.3 Å². The van der Waals surface area contributed by atoms with Crippen molar-refractivity contribution in [3.05, 3.63) is 97.5 Å². The van der Waals surface area contributed by atoms with Crippen LogP contribution in [-0.4, -0.2) is 6.54 Å². The molecule has 1 aliphatic heterocycles. The molecule has 2 aromatic carbocycles. The molecule has 28 heavy (non-hydrogen) atoms. The normalized spacial score (nSPS) is 15.9. The number of nitrogens with one attached hydrogen (secondary N) is 1. The van der Waals surface area contributed by atoms with Crippen LogP contribution in [0.5, 0.6) is 5.75 Å². The van der Waals surface area contributed by atoms with Gasteiger partial charge in [0.25, 0.3) is 0 Å². The quantitative estimate of drug-likeness (QED) is 0.689. The maximum absolute atomic E-state index is 12.4. The van der Waals surface area contributed by atoms with Crippen molar-refractivity contribution in [2.75, 3.05) is 6.54 Å². The number of ether oxygens (including phenoxy) is 1. The minimum absolute atomic E-state index is 0.175. The third kappa shape index (κ3) is 4.41. The highest BCUT2D eigenvalue weighted by molar-refractivity contribution is 6.35. The highest BCUT2D eigenvalue weighted by Gasteiger charge is 2.20. The van der Waals surface area contributed by atoms with Crippen LogP contribution in [0.4, 0.5) is 0 Å². The van der Waals surface area contributed by atoms with Crippen LogP contribution >= 0.6 is 23.2 Å². The summed E-state index contributed by atoms with van der Waals surface area (Å²) in [6.07, 6.45) is 2.43. The third-order valence-corrected chi connectivity index (χ3v) is 5.57. The van der Waals surface area contributed by atoms with Crippen LogP contribution in [0.15, 0.2) is 64.0 Å². The maximum Gasteiger partial charge on any atom is 0.227 e. The molecule has 0 saturated carbocycles. The van der Waals surface area contributed by atoms with Gasteiger partial charge in [0.15, 0.2) is 5.76 Å². The first-order chi connectivity index (χ1) is 13.6. The zero-order valence-electron chi connectivity index (χ0n) is 15.2. The minimum atomic E-state index is -0.192. The van der Waals surface area contributed by atoms with E-state index in [9.17, 15) is 4.79 Å². The van der Waals surface area contributed by atoms with Crippen LogP contribution in [-0.2, 0) is 26.1 Å². The highest BCUT2D eigenvalue weighted by Crippen LogP contribution is 2.22. The molecule has 0 aliphatic carbocycles. The molecule has 144 valence electrons. The summed E-state index contributed by atoms with van der Waals surface area (Å²) in [5.41, 5.74) is 3.34. The lowest BCUT2D eigenvalue weighted by molar-refractivity contribution is -0.930. The second kappa shape index (κ2) is 8.39. The number of fused-ring (bicyclic) bond motifs is 1. The first-order valence-corrected chi connectivity index (χ1v) is 9.93. The summed E-state index contributed by atoms with van der Waals surface area (Å²) in [5, 5.41) is 1.06. The van der Waals surface area contributed by atoms with E-state index in [1.54, 1.807) is 18.2 Å². The van der Waals surface area contributed by atoms with Crippen molar-refractivity contribution in [2.24, 2.45) is 0 Å². The van der Waals surface area contributed by atoms with Crippen molar-refractivity contribution in [1.82, 2.24) is 0 Å². The molecule has 0 bridgehead atoms. The predicted molar refractivity (Wildman–Crippen MR) is 109 cm³/mol.